The van der Waals surface area contributed by atoms with Gasteiger partial charge in [0, 0.05) is 6.20 Å². The number of hydrogen-bond acceptors (Lipinski definition) is 2. The fourth-order valence-corrected chi connectivity index (χ4v) is 1.30. The minimum atomic E-state index is -6.50. The monoisotopic (exact) mass is 291 g/mol. The Labute approximate surface area is 102 Å². The van der Waals surface area contributed by atoms with Crippen molar-refractivity contribution in [2.75, 3.05) is 0 Å². The summed E-state index contributed by atoms with van der Waals surface area (Å²) in [6, 6.07) is 3.01. The second-order valence-corrected chi connectivity index (χ2v) is 3.93. The highest BCUT2D eigenvalue weighted by molar-refractivity contribution is 5.18. The summed E-state index contributed by atoms with van der Waals surface area (Å²) in [6.45, 7) is 0.148. The zero-order valence-corrected chi connectivity index (χ0v) is 9.35. The van der Waals surface area contributed by atoms with Gasteiger partial charge in [0.05, 0.1) is 5.69 Å². The van der Waals surface area contributed by atoms with E-state index in [9.17, 15) is 35.8 Å². The van der Waals surface area contributed by atoms with Gasteiger partial charge in [-0.1, -0.05) is 6.07 Å². The summed E-state index contributed by atoms with van der Waals surface area (Å²) >= 11 is 0. The molecule has 2 nitrogen and oxygen atoms in total. The summed E-state index contributed by atoms with van der Waals surface area (Å²) in [4.78, 5) is 3.18. The standard InChI is InChI=1S/C10H8F7NO/c1-7(19,6-4-2-3-5-18-6)8(11,12)9(13,14)10(15,16)17/h2-5,19H,1H3. The first-order valence-electron chi connectivity index (χ1n) is 4.82. The maximum atomic E-state index is 13.4. The van der Waals surface area contributed by atoms with Gasteiger partial charge in [0.2, 0.25) is 0 Å². The first-order chi connectivity index (χ1) is 8.36. The minimum absolute atomic E-state index is 0.148. The van der Waals surface area contributed by atoms with E-state index in [-0.39, 0.29) is 6.92 Å². The Morgan fingerprint density at radius 3 is 1.84 bits per heavy atom. The Morgan fingerprint density at radius 2 is 1.47 bits per heavy atom. The van der Waals surface area contributed by atoms with Crippen LogP contribution in [-0.4, -0.2) is 28.1 Å². The fraction of sp³-hybridized carbons (Fsp3) is 0.500. The third kappa shape index (κ3) is 2.26. The number of aromatic nitrogens is 1. The van der Waals surface area contributed by atoms with Crippen molar-refractivity contribution in [2.24, 2.45) is 0 Å². The topological polar surface area (TPSA) is 33.1 Å². The second kappa shape index (κ2) is 4.32. The van der Waals surface area contributed by atoms with E-state index >= 15 is 0 Å². The normalized spacial score (nSPS) is 17.1. The number of alkyl halides is 7. The lowest BCUT2D eigenvalue weighted by Crippen LogP contribution is -2.61. The van der Waals surface area contributed by atoms with Crippen LogP contribution in [0.3, 0.4) is 0 Å². The number of halogens is 7. The molecule has 1 aromatic heterocycles. The number of hydrogen-bond donors (Lipinski definition) is 1. The highest BCUT2D eigenvalue weighted by Crippen LogP contribution is 2.53. The minimum Gasteiger partial charge on any atom is -0.377 e. The van der Waals surface area contributed by atoms with Gasteiger partial charge in [-0.15, -0.1) is 0 Å². The molecule has 19 heavy (non-hydrogen) atoms. The van der Waals surface area contributed by atoms with Crippen LogP contribution in [0.15, 0.2) is 24.4 Å². The quantitative estimate of drug-likeness (QED) is 0.868. The van der Waals surface area contributed by atoms with Gasteiger partial charge in [0.1, 0.15) is 0 Å². The molecule has 1 unspecified atom stereocenters. The average molecular weight is 291 g/mol. The largest absolute Gasteiger partial charge is 0.460 e. The van der Waals surface area contributed by atoms with E-state index in [1.165, 1.54) is 6.07 Å². The van der Waals surface area contributed by atoms with Crippen LogP contribution in [0.2, 0.25) is 0 Å². The smallest absolute Gasteiger partial charge is 0.377 e. The van der Waals surface area contributed by atoms with E-state index in [1.54, 1.807) is 0 Å². The van der Waals surface area contributed by atoms with Crippen LogP contribution in [0.25, 0.3) is 0 Å². The van der Waals surface area contributed by atoms with E-state index in [0.29, 0.717) is 0 Å². The molecule has 0 fully saturated rings. The lowest BCUT2D eigenvalue weighted by Gasteiger charge is -2.37. The highest BCUT2D eigenvalue weighted by Gasteiger charge is 2.79. The zero-order valence-electron chi connectivity index (χ0n) is 9.35. The maximum absolute atomic E-state index is 13.4. The molecule has 0 aliphatic carbocycles. The summed E-state index contributed by atoms with van der Waals surface area (Å²) in [6.07, 6.45) is -5.62. The van der Waals surface area contributed by atoms with Crippen molar-refractivity contribution in [3.8, 4) is 0 Å². The molecule has 0 amide bonds. The molecule has 1 atom stereocenters. The molecule has 9 heteroatoms. The van der Waals surface area contributed by atoms with Gasteiger partial charge in [-0.05, 0) is 19.1 Å². The van der Waals surface area contributed by atoms with Gasteiger partial charge >= 0.3 is 18.0 Å². The summed E-state index contributed by atoms with van der Waals surface area (Å²) in [5, 5.41) is 9.42. The summed E-state index contributed by atoms with van der Waals surface area (Å²) in [7, 11) is 0. The van der Waals surface area contributed by atoms with E-state index < -0.39 is 29.3 Å². The maximum Gasteiger partial charge on any atom is 0.460 e. The Bertz CT molecular complexity index is 441. The molecule has 0 radical (unpaired) electrons. The third-order valence-corrected chi connectivity index (χ3v) is 2.53. The van der Waals surface area contributed by atoms with E-state index in [4.69, 9.17) is 0 Å². The number of aliphatic hydroxyl groups is 1. The molecular formula is C10H8F7NO. The number of pyridine rings is 1. The van der Waals surface area contributed by atoms with E-state index in [0.717, 1.165) is 18.3 Å². The van der Waals surface area contributed by atoms with Gasteiger partial charge in [0.25, 0.3) is 0 Å². The van der Waals surface area contributed by atoms with Gasteiger partial charge < -0.3 is 5.11 Å². The van der Waals surface area contributed by atoms with Crippen LogP contribution in [0.1, 0.15) is 12.6 Å². The lowest BCUT2D eigenvalue weighted by molar-refractivity contribution is -0.389. The molecule has 108 valence electrons. The predicted molar refractivity (Wildman–Crippen MR) is 49.8 cm³/mol. The Morgan fingerprint density at radius 1 is 0.947 bits per heavy atom. The molecule has 0 saturated carbocycles. The van der Waals surface area contributed by atoms with Gasteiger partial charge in [0.15, 0.2) is 5.60 Å². The first-order valence-corrected chi connectivity index (χ1v) is 4.82. The van der Waals surface area contributed by atoms with Crippen LogP contribution in [0.5, 0.6) is 0 Å². The van der Waals surface area contributed by atoms with Crippen LogP contribution in [0, 0.1) is 0 Å². The number of nitrogens with zero attached hydrogens (tertiary/aromatic N) is 1. The summed E-state index contributed by atoms with van der Waals surface area (Å²) < 4.78 is 88.5. The molecule has 1 rings (SSSR count). The lowest BCUT2D eigenvalue weighted by atomic mass is 9.88. The van der Waals surface area contributed by atoms with E-state index in [1.807, 2.05) is 0 Å². The summed E-state index contributed by atoms with van der Waals surface area (Å²) in [5.74, 6) is -12.2. The van der Waals surface area contributed by atoms with Crippen molar-refractivity contribution in [1.82, 2.24) is 4.98 Å². The van der Waals surface area contributed by atoms with Crippen LogP contribution >= 0.6 is 0 Å². The predicted octanol–water partition coefficient (Wildman–Crippen LogP) is 3.12. The molecule has 1 heterocycles. The van der Waals surface area contributed by atoms with Crippen LogP contribution < -0.4 is 0 Å². The molecule has 1 aromatic rings. The first kappa shape index (κ1) is 15.7. The SMILES string of the molecule is CC(O)(c1ccccn1)C(F)(F)C(F)(F)C(F)(F)F. The molecule has 0 bridgehead atoms. The second-order valence-electron chi connectivity index (χ2n) is 3.93. The Hall–Kier alpha value is -1.38. The van der Waals surface area contributed by atoms with Crippen molar-refractivity contribution < 1.29 is 35.8 Å². The number of rotatable bonds is 3. The van der Waals surface area contributed by atoms with E-state index in [2.05, 4.69) is 4.98 Å². The average Bonchev–Trinajstić information content (AvgIpc) is 2.28. The molecule has 1 N–H and O–H groups in total. The zero-order chi connectivity index (χ0) is 15.1. The molecule has 0 saturated heterocycles. The van der Waals surface area contributed by atoms with Crippen molar-refractivity contribution in [3.63, 3.8) is 0 Å². The van der Waals surface area contributed by atoms with Crippen molar-refractivity contribution in [1.29, 1.82) is 0 Å². The van der Waals surface area contributed by atoms with Gasteiger partial charge in [-0.3, -0.25) is 4.98 Å². The van der Waals surface area contributed by atoms with Crippen molar-refractivity contribution >= 4 is 0 Å². The third-order valence-electron chi connectivity index (χ3n) is 2.53. The van der Waals surface area contributed by atoms with Crippen LogP contribution in [0.4, 0.5) is 30.7 Å². The van der Waals surface area contributed by atoms with Crippen molar-refractivity contribution in [2.45, 2.75) is 30.5 Å². The Balaban J connectivity index is 3.34. The van der Waals surface area contributed by atoms with Crippen LogP contribution in [-0.2, 0) is 5.60 Å². The highest BCUT2D eigenvalue weighted by atomic mass is 19.4. The summed E-state index contributed by atoms with van der Waals surface area (Å²) in [5.41, 5.74) is -4.78. The Kier molecular flexibility index (Phi) is 3.57. The van der Waals surface area contributed by atoms with Crippen molar-refractivity contribution in [3.05, 3.63) is 30.1 Å². The molecule has 0 aliphatic heterocycles. The molecular weight excluding hydrogens is 283 g/mol. The molecule has 0 spiro atoms. The van der Waals surface area contributed by atoms with Gasteiger partial charge in [-0.25, -0.2) is 0 Å². The fourth-order valence-electron chi connectivity index (χ4n) is 1.30. The molecule has 0 aromatic carbocycles. The van der Waals surface area contributed by atoms with Gasteiger partial charge in [-0.2, -0.15) is 30.7 Å². The molecule has 0 aliphatic rings.